The summed E-state index contributed by atoms with van der Waals surface area (Å²) in [5, 5.41) is 21.2. The highest BCUT2D eigenvalue weighted by molar-refractivity contribution is 5.86. The summed E-state index contributed by atoms with van der Waals surface area (Å²) in [6.07, 6.45) is 4.39. The number of allylic oxidation sites excluding steroid dienone is 1. The molecule has 3 N–H and O–H groups in total. The van der Waals surface area contributed by atoms with Crippen molar-refractivity contribution < 1.29 is 14.7 Å². The number of aromatic hydroxyl groups is 1. The second-order valence-corrected chi connectivity index (χ2v) is 8.09. The molecule has 0 radical (unpaired) electrons. The van der Waals surface area contributed by atoms with Crippen LogP contribution >= 0.6 is 0 Å². The molecule has 0 amide bonds. The molecule has 2 aromatic rings. The van der Waals surface area contributed by atoms with Crippen LogP contribution in [-0.4, -0.2) is 45.9 Å². The van der Waals surface area contributed by atoms with Gasteiger partial charge in [0.25, 0.3) is 0 Å². The SMILES string of the molecule is C/C=C1/C[N+]2(C)[C@H]3C[C@@H]1[C@H](CO)[C@@H]2Cc1c3[nH]c2ccc(O)cc12. The standard InChI is InChI=1S/C20H24N2O2/c1-3-11-9-22(2)18-8-15-14-6-12(24)4-5-17(14)21-20(15)19(22)7-13(11)16(18)10-23/h3-6,13,16,18-19,21,23H,7-10H2,1-2H3/p+1/b11-3-/t13-,16-,18-,19-,22?/m0/s1. The second-order valence-electron chi connectivity index (χ2n) is 8.09. The molecule has 0 spiro atoms. The number of nitrogens with zero attached hydrogens (tertiary/aromatic N) is 1. The maximum atomic E-state index is 10.1. The number of H-pyrrole nitrogens is 1. The average molecular weight is 325 g/mol. The van der Waals surface area contributed by atoms with Gasteiger partial charge >= 0.3 is 0 Å². The zero-order chi connectivity index (χ0) is 16.6. The number of fused-ring (bicyclic) bond motifs is 4. The minimum absolute atomic E-state index is 0.274. The third kappa shape index (κ3) is 1.60. The van der Waals surface area contributed by atoms with E-state index in [1.807, 2.05) is 12.1 Å². The molecule has 4 aliphatic rings. The van der Waals surface area contributed by atoms with Gasteiger partial charge in [-0.1, -0.05) is 6.08 Å². The van der Waals surface area contributed by atoms with Crippen LogP contribution in [-0.2, 0) is 6.42 Å². The molecule has 1 aromatic heterocycles. The van der Waals surface area contributed by atoms with Crippen LogP contribution in [0.2, 0.25) is 0 Å². The molecule has 4 aliphatic heterocycles. The summed E-state index contributed by atoms with van der Waals surface area (Å²) in [5.41, 5.74) is 5.39. The first-order chi connectivity index (χ1) is 11.6. The van der Waals surface area contributed by atoms with Gasteiger partial charge in [-0.05, 0) is 36.3 Å². The first-order valence-electron chi connectivity index (χ1n) is 9.01. The van der Waals surface area contributed by atoms with Gasteiger partial charge in [-0.3, -0.25) is 0 Å². The van der Waals surface area contributed by atoms with Gasteiger partial charge in [0.05, 0.1) is 25.4 Å². The van der Waals surface area contributed by atoms with E-state index in [4.69, 9.17) is 0 Å². The van der Waals surface area contributed by atoms with Gasteiger partial charge in [0, 0.05) is 35.6 Å². The molecule has 0 aliphatic carbocycles. The molecular formula is C20H25N2O2+. The summed E-state index contributed by atoms with van der Waals surface area (Å²) in [6.45, 7) is 3.52. The van der Waals surface area contributed by atoms with Gasteiger partial charge in [0.1, 0.15) is 18.3 Å². The zero-order valence-electron chi connectivity index (χ0n) is 14.3. The van der Waals surface area contributed by atoms with Gasteiger partial charge in [-0.2, -0.15) is 0 Å². The Kier molecular flexibility index (Phi) is 2.82. The Morgan fingerprint density at radius 2 is 2.21 bits per heavy atom. The number of phenols is 1. The number of quaternary nitrogens is 1. The Labute approximate surface area is 142 Å². The molecule has 5 heterocycles. The first-order valence-corrected chi connectivity index (χ1v) is 9.01. The highest BCUT2D eigenvalue weighted by Crippen LogP contribution is 2.57. The van der Waals surface area contributed by atoms with Crippen LogP contribution in [0.25, 0.3) is 10.9 Å². The molecule has 1 unspecified atom stereocenters. The lowest BCUT2D eigenvalue weighted by molar-refractivity contribution is -0.978. The molecule has 0 saturated carbocycles. The minimum atomic E-state index is 0.274. The predicted molar refractivity (Wildman–Crippen MR) is 93.7 cm³/mol. The molecule has 4 heteroatoms. The third-order valence-electron chi connectivity index (χ3n) is 7.21. The van der Waals surface area contributed by atoms with E-state index in [2.05, 4.69) is 25.0 Å². The Balaban J connectivity index is 1.73. The number of nitrogens with one attached hydrogen (secondary N) is 1. The number of benzene rings is 1. The molecule has 3 fully saturated rings. The van der Waals surface area contributed by atoms with Crippen LogP contribution in [0.3, 0.4) is 0 Å². The molecular weight excluding hydrogens is 300 g/mol. The van der Waals surface area contributed by atoms with Crippen molar-refractivity contribution in [1.29, 1.82) is 0 Å². The van der Waals surface area contributed by atoms with Crippen molar-refractivity contribution in [3.8, 4) is 5.75 Å². The first kappa shape index (κ1) is 14.6. The van der Waals surface area contributed by atoms with Crippen LogP contribution in [0.5, 0.6) is 5.75 Å². The van der Waals surface area contributed by atoms with Gasteiger partial charge in [0.15, 0.2) is 0 Å². The largest absolute Gasteiger partial charge is 0.508 e. The fourth-order valence-corrected chi connectivity index (χ4v) is 6.05. The van der Waals surface area contributed by atoms with Crippen LogP contribution in [0.1, 0.15) is 30.6 Å². The van der Waals surface area contributed by atoms with Crippen molar-refractivity contribution in [2.24, 2.45) is 11.8 Å². The summed E-state index contributed by atoms with van der Waals surface area (Å²) < 4.78 is 1.02. The number of hydrogen-bond acceptors (Lipinski definition) is 2. The van der Waals surface area contributed by atoms with Gasteiger partial charge in [0.2, 0.25) is 0 Å². The Bertz CT molecular complexity index is 868. The van der Waals surface area contributed by atoms with Crippen molar-refractivity contribution in [3.63, 3.8) is 0 Å². The summed E-state index contributed by atoms with van der Waals surface area (Å²) in [4.78, 5) is 3.67. The summed E-state index contributed by atoms with van der Waals surface area (Å²) in [7, 11) is 2.38. The van der Waals surface area contributed by atoms with Crippen LogP contribution in [0, 0.1) is 11.8 Å². The highest BCUT2D eigenvalue weighted by Gasteiger charge is 2.61. The molecule has 24 heavy (non-hydrogen) atoms. The normalized spacial score (nSPS) is 38.7. The maximum absolute atomic E-state index is 10.1. The van der Waals surface area contributed by atoms with Crippen molar-refractivity contribution in [2.45, 2.75) is 31.8 Å². The maximum Gasteiger partial charge on any atom is 0.131 e. The summed E-state index contributed by atoms with van der Waals surface area (Å²) >= 11 is 0. The van der Waals surface area contributed by atoms with Gasteiger partial charge < -0.3 is 19.7 Å². The second kappa shape index (κ2) is 4.64. The lowest BCUT2D eigenvalue weighted by Crippen LogP contribution is -2.70. The number of aliphatic hydroxyl groups is 1. The highest BCUT2D eigenvalue weighted by atomic mass is 16.3. The van der Waals surface area contributed by atoms with Crippen molar-refractivity contribution in [1.82, 2.24) is 4.98 Å². The predicted octanol–water partition coefficient (Wildman–Crippen LogP) is 2.87. The van der Waals surface area contributed by atoms with E-state index < -0.39 is 0 Å². The van der Waals surface area contributed by atoms with Crippen LogP contribution in [0.4, 0.5) is 0 Å². The number of aliphatic hydroxyl groups excluding tert-OH is 1. The van der Waals surface area contributed by atoms with Gasteiger partial charge in [-0.15, -0.1) is 0 Å². The fourth-order valence-electron chi connectivity index (χ4n) is 6.05. The fraction of sp³-hybridized carbons (Fsp3) is 0.500. The number of phenolic OH excluding ortho intramolecular Hbond substituents is 1. The van der Waals surface area contributed by atoms with E-state index in [1.165, 1.54) is 16.8 Å². The zero-order valence-corrected chi connectivity index (χ0v) is 14.3. The van der Waals surface area contributed by atoms with E-state index in [9.17, 15) is 10.2 Å². The lowest BCUT2D eigenvalue weighted by Gasteiger charge is -2.62. The Hall–Kier alpha value is -1.78. The monoisotopic (exact) mass is 325 g/mol. The van der Waals surface area contributed by atoms with E-state index >= 15 is 0 Å². The Morgan fingerprint density at radius 3 is 2.96 bits per heavy atom. The van der Waals surface area contributed by atoms with E-state index in [1.54, 1.807) is 6.07 Å². The number of hydrogen-bond donors (Lipinski definition) is 3. The molecule has 1 aromatic carbocycles. The number of rotatable bonds is 1. The molecule has 6 rings (SSSR count). The molecule has 126 valence electrons. The lowest BCUT2D eigenvalue weighted by atomic mass is 9.62. The molecule has 4 bridgehead atoms. The number of aromatic nitrogens is 1. The smallest absolute Gasteiger partial charge is 0.131 e. The summed E-state index contributed by atoms with van der Waals surface area (Å²) in [6, 6.07) is 6.58. The van der Waals surface area contributed by atoms with E-state index in [0.29, 0.717) is 29.7 Å². The molecule has 3 saturated heterocycles. The molecule has 5 atom stereocenters. The van der Waals surface area contributed by atoms with Crippen LogP contribution in [0.15, 0.2) is 29.8 Å². The minimum Gasteiger partial charge on any atom is -0.508 e. The number of aromatic amines is 1. The summed E-state index contributed by atoms with van der Waals surface area (Å²) in [5.74, 6) is 1.20. The van der Waals surface area contributed by atoms with Crippen molar-refractivity contribution in [3.05, 3.63) is 41.1 Å². The third-order valence-corrected chi connectivity index (χ3v) is 7.21. The van der Waals surface area contributed by atoms with E-state index in [-0.39, 0.29) is 6.61 Å². The quantitative estimate of drug-likeness (QED) is 0.558. The number of likely N-dealkylation sites (N-methyl/N-ethyl adjacent to an activating group) is 1. The van der Waals surface area contributed by atoms with Crippen LogP contribution < -0.4 is 0 Å². The van der Waals surface area contributed by atoms with Gasteiger partial charge in [-0.25, -0.2) is 0 Å². The Morgan fingerprint density at radius 1 is 1.38 bits per heavy atom. The average Bonchev–Trinajstić information content (AvgIpc) is 2.91. The van der Waals surface area contributed by atoms with E-state index in [0.717, 1.165) is 34.8 Å². The number of piperidine rings is 3. The topological polar surface area (TPSA) is 56.2 Å². The van der Waals surface area contributed by atoms with Crippen molar-refractivity contribution >= 4 is 10.9 Å². The van der Waals surface area contributed by atoms with Crippen molar-refractivity contribution in [2.75, 3.05) is 20.2 Å². The molecule has 4 nitrogen and oxygen atoms in total.